The summed E-state index contributed by atoms with van der Waals surface area (Å²) in [5.41, 5.74) is 3.98. The summed E-state index contributed by atoms with van der Waals surface area (Å²) in [6.07, 6.45) is 4.18. The third-order valence-corrected chi connectivity index (χ3v) is 3.94. The summed E-state index contributed by atoms with van der Waals surface area (Å²) in [6.45, 7) is 6.67. The molecule has 0 unspecified atom stereocenters. The van der Waals surface area contributed by atoms with E-state index in [0.717, 1.165) is 12.8 Å². The summed E-state index contributed by atoms with van der Waals surface area (Å²) >= 11 is 0. The predicted molar refractivity (Wildman–Crippen MR) is 81.5 cm³/mol. The Morgan fingerprint density at radius 1 is 0.895 bits per heavy atom. The van der Waals surface area contributed by atoms with Crippen molar-refractivity contribution in [3.63, 3.8) is 0 Å². The summed E-state index contributed by atoms with van der Waals surface area (Å²) in [5, 5.41) is 0. The number of hydrogen-bond donors (Lipinski definition) is 0. The summed E-state index contributed by atoms with van der Waals surface area (Å²) in [6, 6.07) is 15.2. The predicted octanol–water partition coefficient (Wildman–Crippen LogP) is 5.08. The smallest absolute Gasteiger partial charge is 0.0440 e. The Balaban J connectivity index is 2.31. The first-order valence-corrected chi connectivity index (χ1v) is 7.23. The molecule has 1 nitrogen and oxygen atoms in total. The number of aryl methyl sites for hydroxylation is 1. The zero-order valence-electron chi connectivity index (χ0n) is 12.1. The first-order chi connectivity index (χ1) is 9.26. The molecule has 0 fully saturated rings. The van der Waals surface area contributed by atoms with E-state index in [1.165, 1.54) is 16.8 Å². The molecule has 0 amide bonds. The molecule has 0 saturated carbocycles. The topological polar surface area (TPSA) is 12.9 Å². The molecule has 0 bridgehead atoms. The van der Waals surface area contributed by atoms with E-state index in [-0.39, 0.29) is 0 Å². The summed E-state index contributed by atoms with van der Waals surface area (Å²) in [4.78, 5) is 4.56. The Kier molecular flexibility index (Phi) is 4.73. The molecule has 0 spiro atoms. The molecule has 2 aromatic rings. The van der Waals surface area contributed by atoms with Gasteiger partial charge in [0, 0.05) is 17.8 Å². The van der Waals surface area contributed by atoms with Gasteiger partial charge in [-0.15, -0.1) is 0 Å². The Morgan fingerprint density at radius 3 is 2.11 bits per heavy atom. The van der Waals surface area contributed by atoms with E-state index in [0.29, 0.717) is 11.8 Å². The normalized spacial score (nSPS) is 14.1. The van der Waals surface area contributed by atoms with E-state index >= 15 is 0 Å². The largest absolute Gasteiger partial charge is 0.261 e. The maximum absolute atomic E-state index is 4.56. The lowest BCUT2D eigenvalue weighted by molar-refractivity contribution is 0.499. The van der Waals surface area contributed by atoms with Gasteiger partial charge < -0.3 is 0 Å². The molecule has 1 heterocycles. The summed E-state index contributed by atoms with van der Waals surface area (Å²) in [7, 11) is 0. The minimum atomic E-state index is 0.508. The van der Waals surface area contributed by atoms with Gasteiger partial charge in [0.15, 0.2) is 0 Å². The second-order valence-electron chi connectivity index (χ2n) is 5.19. The van der Waals surface area contributed by atoms with Gasteiger partial charge in [-0.05, 0) is 43.4 Å². The van der Waals surface area contributed by atoms with Crippen LogP contribution in [0.15, 0.2) is 48.7 Å². The van der Waals surface area contributed by atoms with E-state index in [4.69, 9.17) is 0 Å². The average Bonchev–Trinajstić information content (AvgIpc) is 2.47. The molecule has 1 aromatic carbocycles. The van der Waals surface area contributed by atoms with Crippen LogP contribution in [0.2, 0.25) is 0 Å². The van der Waals surface area contributed by atoms with Crippen molar-refractivity contribution in [1.82, 2.24) is 4.98 Å². The number of rotatable bonds is 5. The Labute approximate surface area is 116 Å². The zero-order valence-corrected chi connectivity index (χ0v) is 12.1. The van der Waals surface area contributed by atoms with Gasteiger partial charge in [-0.2, -0.15) is 0 Å². The molecule has 0 N–H and O–H groups in total. The lowest BCUT2D eigenvalue weighted by Gasteiger charge is -2.25. The fourth-order valence-electron chi connectivity index (χ4n) is 2.86. The van der Waals surface area contributed by atoms with Gasteiger partial charge in [0.2, 0.25) is 0 Å². The first-order valence-electron chi connectivity index (χ1n) is 7.23. The SMILES string of the molecule is CC[C@H](c1ccc(C)cc1)[C@H](CC)c1ccccn1. The maximum Gasteiger partial charge on any atom is 0.0440 e. The van der Waals surface area contributed by atoms with Crippen molar-refractivity contribution in [1.29, 1.82) is 0 Å². The highest BCUT2D eigenvalue weighted by Gasteiger charge is 2.22. The van der Waals surface area contributed by atoms with Gasteiger partial charge in [-0.3, -0.25) is 4.98 Å². The van der Waals surface area contributed by atoms with Crippen LogP contribution in [-0.2, 0) is 0 Å². The summed E-state index contributed by atoms with van der Waals surface area (Å²) in [5.74, 6) is 1.06. The number of aromatic nitrogens is 1. The first kappa shape index (κ1) is 13.8. The van der Waals surface area contributed by atoms with Crippen molar-refractivity contribution in [3.8, 4) is 0 Å². The molecular formula is C18H23N. The Hall–Kier alpha value is -1.63. The lowest BCUT2D eigenvalue weighted by atomic mass is 9.80. The lowest BCUT2D eigenvalue weighted by Crippen LogP contribution is -2.11. The van der Waals surface area contributed by atoms with Crippen LogP contribution in [0.4, 0.5) is 0 Å². The van der Waals surface area contributed by atoms with Crippen molar-refractivity contribution in [2.75, 3.05) is 0 Å². The highest BCUT2D eigenvalue weighted by molar-refractivity contribution is 5.28. The summed E-state index contributed by atoms with van der Waals surface area (Å²) < 4.78 is 0. The van der Waals surface area contributed by atoms with Crippen LogP contribution in [0.5, 0.6) is 0 Å². The van der Waals surface area contributed by atoms with Crippen molar-refractivity contribution >= 4 is 0 Å². The molecule has 2 atom stereocenters. The van der Waals surface area contributed by atoms with Crippen LogP contribution in [0.25, 0.3) is 0 Å². The average molecular weight is 253 g/mol. The molecule has 0 aliphatic carbocycles. The van der Waals surface area contributed by atoms with E-state index < -0.39 is 0 Å². The van der Waals surface area contributed by atoms with E-state index in [1.807, 2.05) is 12.3 Å². The number of benzene rings is 1. The van der Waals surface area contributed by atoms with Crippen molar-refractivity contribution < 1.29 is 0 Å². The van der Waals surface area contributed by atoms with E-state index in [2.05, 4.69) is 62.2 Å². The van der Waals surface area contributed by atoms with Crippen LogP contribution < -0.4 is 0 Å². The van der Waals surface area contributed by atoms with Crippen LogP contribution in [-0.4, -0.2) is 4.98 Å². The molecule has 1 heteroatoms. The van der Waals surface area contributed by atoms with Gasteiger partial charge in [-0.25, -0.2) is 0 Å². The van der Waals surface area contributed by atoms with E-state index in [1.54, 1.807) is 0 Å². The van der Waals surface area contributed by atoms with Gasteiger partial charge in [0.1, 0.15) is 0 Å². The number of hydrogen-bond acceptors (Lipinski definition) is 1. The molecule has 2 rings (SSSR count). The van der Waals surface area contributed by atoms with Gasteiger partial charge >= 0.3 is 0 Å². The third-order valence-electron chi connectivity index (χ3n) is 3.94. The zero-order chi connectivity index (χ0) is 13.7. The Morgan fingerprint density at radius 2 is 1.58 bits per heavy atom. The monoisotopic (exact) mass is 253 g/mol. The molecule has 0 aliphatic heterocycles. The van der Waals surface area contributed by atoms with E-state index in [9.17, 15) is 0 Å². The molecule has 0 aliphatic rings. The molecule has 1 aromatic heterocycles. The van der Waals surface area contributed by atoms with Crippen LogP contribution >= 0.6 is 0 Å². The Bertz CT molecular complexity index is 487. The fraction of sp³-hybridized carbons (Fsp3) is 0.389. The van der Waals surface area contributed by atoms with Gasteiger partial charge in [0.25, 0.3) is 0 Å². The molecule has 19 heavy (non-hydrogen) atoms. The van der Waals surface area contributed by atoms with Crippen molar-refractivity contribution in [2.45, 2.75) is 45.4 Å². The molecule has 100 valence electrons. The fourth-order valence-corrected chi connectivity index (χ4v) is 2.86. The van der Waals surface area contributed by atoms with Crippen molar-refractivity contribution in [3.05, 3.63) is 65.5 Å². The quantitative estimate of drug-likeness (QED) is 0.724. The second kappa shape index (κ2) is 6.51. The number of pyridine rings is 1. The molecule has 0 radical (unpaired) electrons. The minimum absolute atomic E-state index is 0.508. The maximum atomic E-state index is 4.56. The van der Waals surface area contributed by atoms with Crippen LogP contribution in [0.3, 0.4) is 0 Å². The highest BCUT2D eigenvalue weighted by Crippen LogP contribution is 2.36. The molecular weight excluding hydrogens is 230 g/mol. The number of nitrogens with zero attached hydrogens (tertiary/aromatic N) is 1. The second-order valence-corrected chi connectivity index (χ2v) is 5.19. The third kappa shape index (κ3) is 3.23. The van der Waals surface area contributed by atoms with Crippen LogP contribution in [0.1, 0.15) is 55.3 Å². The van der Waals surface area contributed by atoms with Crippen molar-refractivity contribution in [2.24, 2.45) is 0 Å². The standard InChI is InChI=1S/C18H23N/c1-4-16(15-11-9-14(3)10-12-15)17(5-2)18-8-6-7-13-19-18/h6-13,16-17H,4-5H2,1-3H3/t16-,17+/m1/s1. The molecule has 0 saturated heterocycles. The van der Waals surface area contributed by atoms with Crippen LogP contribution in [0, 0.1) is 6.92 Å². The van der Waals surface area contributed by atoms with Gasteiger partial charge in [0.05, 0.1) is 0 Å². The highest BCUT2D eigenvalue weighted by atomic mass is 14.7. The minimum Gasteiger partial charge on any atom is -0.261 e. The van der Waals surface area contributed by atoms with Gasteiger partial charge in [-0.1, -0.05) is 49.7 Å².